The predicted octanol–water partition coefficient (Wildman–Crippen LogP) is 1.96. The molecular formula is C13H8N4O4. The summed E-state index contributed by atoms with van der Waals surface area (Å²) in [5, 5.41) is 20.7. The average molecular weight is 284 g/mol. The summed E-state index contributed by atoms with van der Waals surface area (Å²) in [6.07, 6.45) is 1.20. The van der Waals surface area contributed by atoms with Gasteiger partial charge in [0.15, 0.2) is 11.5 Å². The van der Waals surface area contributed by atoms with Gasteiger partial charge in [-0.05, 0) is 12.1 Å². The first-order chi connectivity index (χ1) is 10.1. The van der Waals surface area contributed by atoms with Gasteiger partial charge in [-0.15, -0.1) is 5.10 Å². The van der Waals surface area contributed by atoms with Crippen LogP contribution in [0.1, 0.15) is 11.3 Å². The number of hydrogen-bond acceptors (Lipinski definition) is 6. The highest BCUT2D eigenvalue weighted by atomic mass is 16.6. The van der Waals surface area contributed by atoms with Crippen molar-refractivity contribution in [3.63, 3.8) is 0 Å². The van der Waals surface area contributed by atoms with Gasteiger partial charge < -0.3 is 9.73 Å². The zero-order valence-corrected chi connectivity index (χ0v) is 10.5. The number of carbonyl (C=O) groups is 1. The molecule has 0 bridgehead atoms. The minimum Gasteiger partial charge on any atom is -0.400 e. The van der Waals surface area contributed by atoms with Crippen molar-refractivity contribution < 1.29 is 14.1 Å². The molecule has 2 aromatic rings. The van der Waals surface area contributed by atoms with Crippen LogP contribution in [0.2, 0.25) is 0 Å². The highest BCUT2D eigenvalue weighted by molar-refractivity contribution is 6.53. The summed E-state index contributed by atoms with van der Waals surface area (Å²) < 4.78 is 4.89. The summed E-state index contributed by atoms with van der Waals surface area (Å²) in [4.78, 5) is 21.6. The van der Waals surface area contributed by atoms with E-state index in [2.05, 4.69) is 15.5 Å². The fraction of sp³-hybridized carbons (Fsp3) is 0. The first kappa shape index (κ1) is 12.7. The Morgan fingerprint density at radius 3 is 2.81 bits per heavy atom. The Morgan fingerprint density at radius 1 is 1.24 bits per heavy atom. The molecule has 1 aromatic carbocycles. The number of anilines is 1. The maximum atomic E-state index is 11.7. The Morgan fingerprint density at radius 2 is 2.05 bits per heavy atom. The Kier molecular flexibility index (Phi) is 3.03. The molecule has 0 atom stereocenters. The molecule has 0 spiro atoms. The third-order valence-corrected chi connectivity index (χ3v) is 2.78. The first-order valence-electron chi connectivity index (χ1n) is 5.91. The Labute approximate surface area is 117 Å². The largest absolute Gasteiger partial charge is 0.433 e. The molecule has 1 aromatic heterocycles. The van der Waals surface area contributed by atoms with Crippen LogP contribution in [0, 0.1) is 10.1 Å². The molecule has 3 rings (SSSR count). The molecule has 21 heavy (non-hydrogen) atoms. The zero-order valence-electron chi connectivity index (χ0n) is 10.5. The SMILES string of the molecule is O=C1Nc2ccccc2/C1=N/N=C\c1ccc([N+](=O)[O-])o1. The number of carbonyl (C=O) groups excluding carboxylic acids is 1. The van der Waals surface area contributed by atoms with E-state index in [9.17, 15) is 14.9 Å². The monoisotopic (exact) mass is 284 g/mol. The number of para-hydroxylation sites is 1. The van der Waals surface area contributed by atoms with Gasteiger partial charge in [-0.1, -0.05) is 18.2 Å². The number of nitro groups is 1. The quantitative estimate of drug-likeness (QED) is 0.527. The standard InChI is InChI=1S/C13H8N4O4/c18-13-12(9-3-1-2-4-10(9)15-13)16-14-7-8-5-6-11(21-8)17(19)20/h1-7H,(H,15,16,18)/b14-7-. The average Bonchev–Trinajstić information content (AvgIpc) is 3.04. The molecule has 1 amide bonds. The van der Waals surface area contributed by atoms with Crippen LogP contribution in [-0.2, 0) is 4.79 Å². The molecule has 1 aliphatic rings. The molecule has 0 saturated heterocycles. The normalized spacial score (nSPS) is 15.4. The number of furan rings is 1. The maximum Gasteiger partial charge on any atom is 0.433 e. The molecule has 0 aliphatic carbocycles. The van der Waals surface area contributed by atoms with E-state index in [0.717, 1.165) is 0 Å². The van der Waals surface area contributed by atoms with E-state index < -0.39 is 4.92 Å². The summed E-state index contributed by atoms with van der Waals surface area (Å²) in [6.45, 7) is 0. The number of hydrogen-bond donors (Lipinski definition) is 1. The molecular weight excluding hydrogens is 276 g/mol. The molecule has 1 aliphatic heterocycles. The minimum atomic E-state index is -0.649. The molecule has 0 fully saturated rings. The van der Waals surface area contributed by atoms with Crippen molar-refractivity contribution >= 4 is 29.4 Å². The van der Waals surface area contributed by atoms with E-state index in [1.807, 2.05) is 0 Å². The van der Waals surface area contributed by atoms with Crippen molar-refractivity contribution in [2.24, 2.45) is 10.2 Å². The number of nitrogens with one attached hydrogen (secondary N) is 1. The van der Waals surface area contributed by atoms with E-state index >= 15 is 0 Å². The Balaban J connectivity index is 1.84. The third-order valence-electron chi connectivity index (χ3n) is 2.78. The minimum absolute atomic E-state index is 0.178. The van der Waals surface area contributed by atoms with Gasteiger partial charge in [0.25, 0.3) is 5.91 Å². The van der Waals surface area contributed by atoms with E-state index in [1.165, 1.54) is 18.3 Å². The van der Waals surface area contributed by atoms with Crippen LogP contribution in [0.3, 0.4) is 0 Å². The van der Waals surface area contributed by atoms with Gasteiger partial charge in [-0.25, -0.2) is 0 Å². The van der Waals surface area contributed by atoms with E-state index in [-0.39, 0.29) is 23.3 Å². The van der Waals surface area contributed by atoms with Gasteiger partial charge in [0.1, 0.15) is 4.92 Å². The van der Waals surface area contributed by atoms with E-state index in [0.29, 0.717) is 11.3 Å². The van der Waals surface area contributed by atoms with Crippen LogP contribution in [0.4, 0.5) is 11.6 Å². The van der Waals surface area contributed by atoms with Gasteiger partial charge in [0, 0.05) is 5.56 Å². The molecule has 2 heterocycles. The van der Waals surface area contributed by atoms with Crippen molar-refractivity contribution in [2.45, 2.75) is 0 Å². The van der Waals surface area contributed by atoms with Crippen LogP contribution in [-0.4, -0.2) is 22.8 Å². The molecule has 104 valence electrons. The first-order valence-corrected chi connectivity index (χ1v) is 5.91. The van der Waals surface area contributed by atoms with Gasteiger partial charge in [0.05, 0.1) is 18.0 Å². The van der Waals surface area contributed by atoms with Gasteiger partial charge in [-0.3, -0.25) is 14.9 Å². The summed E-state index contributed by atoms with van der Waals surface area (Å²) >= 11 is 0. The number of benzene rings is 1. The zero-order chi connectivity index (χ0) is 14.8. The summed E-state index contributed by atoms with van der Waals surface area (Å²) in [5.41, 5.74) is 1.51. The van der Waals surface area contributed by atoms with Crippen molar-refractivity contribution in [3.8, 4) is 0 Å². The fourth-order valence-corrected chi connectivity index (χ4v) is 1.85. The van der Waals surface area contributed by atoms with Crippen LogP contribution in [0.15, 0.2) is 51.0 Å². The lowest BCUT2D eigenvalue weighted by molar-refractivity contribution is -0.402. The lowest BCUT2D eigenvalue weighted by Gasteiger charge is -1.93. The van der Waals surface area contributed by atoms with Crippen LogP contribution in [0.25, 0.3) is 0 Å². The summed E-state index contributed by atoms with van der Waals surface area (Å²) in [5.74, 6) is -0.551. The second kappa shape index (κ2) is 5.00. The molecule has 0 saturated carbocycles. The van der Waals surface area contributed by atoms with Crippen LogP contribution < -0.4 is 5.32 Å². The predicted molar refractivity (Wildman–Crippen MR) is 74.6 cm³/mol. The molecule has 1 N–H and O–H groups in total. The number of rotatable bonds is 3. The number of nitrogens with zero attached hydrogens (tertiary/aromatic N) is 3. The fourth-order valence-electron chi connectivity index (χ4n) is 1.85. The van der Waals surface area contributed by atoms with Gasteiger partial charge >= 0.3 is 5.88 Å². The van der Waals surface area contributed by atoms with Crippen molar-refractivity contribution in [3.05, 3.63) is 57.8 Å². The maximum absolute atomic E-state index is 11.7. The highest BCUT2D eigenvalue weighted by Gasteiger charge is 2.25. The third kappa shape index (κ3) is 2.41. The number of amides is 1. The van der Waals surface area contributed by atoms with Crippen LogP contribution >= 0.6 is 0 Å². The van der Waals surface area contributed by atoms with Gasteiger partial charge in [-0.2, -0.15) is 5.10 Å². The number of fused-ring (bicyclic) bond motifs is 1. The smallest absolute Gasteiger partial charge is 0.400 e. The van der Waals surface area contributed by atoms with Crippen molar-refractivity contribution in [1.82, 2.24) is 0 Å². The summed E-state index contributed by atoms with van der Waals surface area (Å²) in [6, 6.07) is 9.70. The second-order valence-electron chi connectivity index (χ2n) is 4.13. The molecule has 0 radical (unpaired) electrons. The Bertz CT molecular complexity index is 791. The van der Waals surface area contributed by atoms with Crippen molar-refractivity contribution in [2.75, 3.05) is 5.32 Å². The Hall–Kier alpha value is -3.29. The lowest BCUT2D eigenvalue weighted by atomic mass is 10.1. The molecule has 0 unspecified atom stereocenters. The summed E-state index contributed by atoms with van der Waals surface area (Å²) in [7, 11) is 0. The van der Waals surface area contributed by atoms with Crippen molar-refractivity contribution in [1.29, 1.82) is 0 Å². The van der Waals surface area contributed by atoms with Gasteiger partial charge in [0.2, 0.25) is 0 Å². The second-order valence-corrected chi connectivity index (χ2v) is 4.13. The topological polar surface area (TPSA) is 110 Å². The molecule has 8 nitrogen and oxygen atoms in total. The van der Waals surface area contributed by atoms with Crippen LogP contribution in [0.5, 0.6) is 0 Å². The molecule has 8 heteroatoms. The van der Waals surface area contributed by atoms with E-state index in [1.54, 1.807) is 24.3 Å². The van der Waals surface area contributed by atoms with E-state index in [4.69, 9.17) is 4.42 Å². The lowest BCUT2D eigenvalue weighted by Crippen LogP contribution is -2.13. The highest BCUT2D eigenvalue weighted by Crippen LogP contribution is 2.22.